The standard InChI is InChI=1S/C8H10Cl2N2OS/c1-8(2,4-13)14-6-5(9)3-11-7(10)12-6/h3,13H,4H2,1-2H3. The lowest BCUT2D eigenvalue weighted by Gasteiger charge is -2.20. The van der Waals surface area contributed by atoms with Crippen LogP contribution in [-0.2, 0) is 0 Å². The first-order valence-electron chi connectivity index (χ1n) is 3.92. The molecule has 0 spiro atoms. The highest BCUT2D eigenvalue weighted by molar-refractivity contribution is 8.00. The van der Waals surface area contributed by atoms with E-state index in [1.807, 2.05) is 13.8 Å². The van der Waals surface area contributed by atoms with Crippen molar-refractivity contribution in [2.24, 2.45) is 0 Å². The second-order valence-corrected chi connectivity index (χ2v) is 5.75. The smallest absolute Gasteiger partial charge is 0.223 e. The van der Waals surface area contributed by atoms with Gasteiger partial charge in [0.15, 0.2) is 0 Å². The minimum absolute atomic E-state index is 0.0373. The minimum Gasteiger partial charge on any atom is -0.395 e. The van der Waals surface area contributed by atoms with Crippen LogP contribution in [0.2, 0.25) is 10.3 Å². The van der Waals surface area contributed by atoms with Crippen molar-refractivity contribution in [3.63, 3.8) is 0 Å². The number of halogens is 2. The maximum Gasteiger partial charge on any atom is 0.223 e. The third-order valence-corrected chi connectivity index (χ3v) is 3.19. The number of hydrogen-bond donors (Lipinski definition) is 1. The molecule has 0 bridgehead atoms. The van der Waals surface area contributed by atoms with Gasteiger partial charge in [-0.2, -0.15) is 0 Å². The maximum atomic E-state index is 9.08. The van der Waals surface area contributed by atoms with Crippen LogP contribution in [0.3, 0.4) is 0 Å². The topological polar surface area (TPSA) is 46.0 Å². The van der Waals surface area contributed by atoms with Crippen LogP contribution in [-0.4, -0.2) is 26.4 Å². The molecule has 0 saturated carbocycles. The molecule has 1 aromatic heterocycles. The molecule has 0 atom stereocenters. The van der Waals surface area contributed by atoms with E-state index in [0.717, 1.165) is 0 Å². The molecule has 3 nitrogen and oxygen atoms in total. The third-order valence-electron chi connectivity index (χ3n) is 1.44. The second kappa shape index (κ2) is 4.66. The first-order valence-corrected chi connectivity index (χ1v) is 5.50. The summed E-state index contributed by atoms with van der Waals surface area (Å²) in [4.78, 5) is 7.72. The van der Waals surface area contributed by atoms with Gasteiger partial charge in [0.25, 0.3) is 0 Å². The Labute approximate surface area is 96.9 Å². The molecule has 0 unspecified atom stereocenters. The molecule has 1 N–H and O–H groups in total. The average molecular weight is 253 g/mol. The van der Waals surface area contributed by atoms with E-state index in [4.69, 9.17) is 28.3 Å². The lowest BCUT2D eigenvalue weighted by Crippen LogP contribution is -2.20. The van der Waals surface area contributed by atoms with Gasteiger partial charge >= 0.3 is 0 Å². The van der Waals surface area contributed by atoms with Crippen LogP contribution >= 0.6 is 35.0 Å². The fraction of sp³-hybridized carbons (Fsp3) is 0.500. The van der Waals surface area contributed by atoms with E-state index in [2.05, 4.69) is 9.97 Å². The zero-order chi connectivity index (χ0) is 10.8. The first kappa shape index (κ1) is 12.0. The second-order valence-electron chi connectivity index (χ2n) is 3.31. The van der Waals surface area contributed by atoms with Crippen LogP contribution in [0.4, 0.5) is 0 Å². The van der Waals surface area contributed by atoms with E-state index >= 15 is 0 Å². The number of aliphatic hydroxyl groups excluding tert-OH is 1. The van der Waals surface area contributed by atoms with E-state index in [1.54, 1.807) is 0 Å². The molecule has 78 valence electrons. The van der Waals surface area contributed by atoms with E-state index in [-0.39, 0.29) is 16.6 Å². The molecule has 0 aromatic carbocycles. The zero-order valence-corrected chi connectivity index (χ0v) is 10.1. The molecule has 0 fully saturated rings. The Hall–Kier alpha value is -0.0300. The van der Waals surface area contributed by atoms with Crippen LogP contribution in [0.1, 0.15) is 13.8 Å². The molecule has 0 radical (unpaired) electrons. The fourth-order valence-electron chi connectivity index (χ4n) is 0.697. The Kier molecular flexibility index (Phi) is 4.01. The summed E-state index contributed by atoms with van der Waals surface area (Å²) in [6.07, 6.45) is 1.45. The van der Waals surface area contributed by atoms with Crippen LogP contribution in [0.15, 0.2) is 11.2 Å². The summed E-state index contributed by atoms with van der Waals surface area (Å²) in [6.45, 7) is 3.82. The van der Waals surface area contributed by atoms with Gasteiger partial charge in [0, 0.05) is 4.75 Å². The van der Waals surface area contributed by atoms with Crippen LogP contribution < -0.4 is 0 Å². The van der Waals surface area contributed by atoms with E-state index in [9.17, 15) is 0 Å². The summed E-state index contributed by atoms with van der Waals surface area (Å²) in [7, 11) is 0. The van der Waals surface area contributed by atoms with E-state index < -0.39 is 0 Å². The molecule has 1 aromatic rings. The molecule has 0 saturated heterocycles. The predicted octanol–water partition coefficient (Wildman–Crippen LogP) is 2.65. The van der Waals surface area contributed by atoms with Gasteiger partial charge in [-0.3, -0.25) is 0 Å². The van der Waals surface area contributed by atoms with Crippen LogP contribution in [0, 0.1) is 0 Å². The van der Waals surface area contributed by atoms with Crippen molar-refractivity contribution in [1.82, 2.24) is 9.97 Å². The number of rotatable bonds is 3. The van der Waals surface area contributed by atoms with Crippen molar-refractivity contribution >= 4 is 35.0 Å². The molecular formula is C8H10Cl2N2OS. The van der Waals surface area contributed by atoms with Gasteiger partial charge in [-0.1, -0.05) is 23.4 Å². The lowest BCUT2D eigenvalue weighted by molar-refractivity contribution is 0.265. The number of aliphatic hydroxyl groups is 1. The number of thioether (sulfide) groups is 1. The third kappa shape index (κ3) is 3.28. The van der Waals surface area contributed by atoms with Gasteiger partial charge in [0.1, 0.15) is 5.03 Å². The first-order chi connectivity index (χ1) is 6.44. The van der Waals surface area contributed by atoms with Crippen LogP contribution in [0.25, 0.3) is 0 Å². The summed E-state index contributed by atoms with van der Waals surface area (Å²) in [5.41, 5.74) is 0. The Bertz CT molecular complexity index is 333. The van der Waals surface area contributed by atoms with Crippen molar-refractivity contribution in [2.75, 3.05) is 6.61 Å². The highest BCUT2D eigenvalue weighted by Crippen LogP contribution is 2.34. The molecule has 0 aliphatic heterocycles. The Morgan fingerprint density at radius 1 is 1.50 bits per heavy atom. The van der Waals surface area contributed by atoms with Crippen molar-refractivity contribution in [2.45, 2.75) is 23.6 Å². The number of aromatic nitrogens is 2. The molecule has 1 heterocycles. The molecule has 6 heteroatoms. The maximum absolute atomic E-state index is 9.08. The monoisotopic (exact) mass is 252 g/mol. The van der Waals surface area contributed by atoms with Gasteiger partial charge in [-0.15, -0.1) is 0 Å². The van der Waals surface area contributed by atoms with Gasteiger partial charge in [0.05, 0.1) is 17.8 Å². The molecular weight excluding hydrogens is 243 g/mol. The predicted molar refractivity (Wildman–Crippen MR) is 59.1 cm³/mol. The van der Waals surface area contributed by atoms with Gasteiger partial charge < -0.3 is 5.11 Å². The van der Waals surface area contributed by atoms with Crippen molar-refractivity contribution in [3.05, 3.63) is 16.5 Å². The summed E-state index contributed by atoms with van der Waals surface area (Å²) in [6, 6.07) is 0. The average Bonchev–Trinajstić information content (AvgIpc) is 2.11. The van der Waals surface area contributed by atoms with Crippen molar-refractivity contribution < 1.29 is 5.11 Å². The largest absolute Gasteiger partial charge is 0.395 e. The number of nitrogens with zero attached hydrogens (tertiary/aromatic N) is 2. The van der Waals surface area contributed by atoms with Crippen molar-refractivity contribution in [1.29, 1.82) is 0 Å². The zero-order valence-electron chi connectivity index (χ0n) is 7.79. The Balaban J connectivity index is 2.91. The van der Waals surface area contributed by atoms with Gasteiger partial charge in [-0.25, -0.2) is 9.97 Å². The minimum atomic E-state index is -0.332. The molecule has 14 heavy (non-hydrogen) atoms. The highest BCUT2D eigenvalue weighted by Gasteiger charge is 2.21. The SMILES string of the molecule is CC(C)(CO)Sc1nc(Cl)ncc1Cl. The Morgan fingerprint density at radius 2 is 2.14 bits per heavy atom. The molecule has 0 aliphatic rings. The van der Waals surface area contributed by atoms with Gasteiger partial charge in [0.2, 0.25) is 5.28 Å². The summed E-state index contributed by atoms with van der Waals surface area (Å²) < 4.78 is -0.332. The number of hydrogen-bond acceptors (Lipinski definition) is 4. The van der Waals surface area contributed by atoms with Crippen LogP contribution in [0.5, 0.6) is 0 Å². The summed E-state index contributed by atoms with van der Waals surface area (Å²) in [5, 5.41) is 10.3. The van der Waals surface area contributed by atoms with Gasteiger partial charge in [-0.05, 0) is 25.4 Å². The summed E-state index contributed by atoms with van der Waals surface area (Å²) in [5.74, 6) is 0. The lowest BCUT2D eigenvalue weighted by atomic mass is 10.2. The van der Waals surface area contributed by atoms with Crippen molar-refractivity contribution in [3.8, 4) is 0 Å². The normalized spacial score (nSPS) is 11.8. The van der Waals surface area contributed by atoms with E-state index in [0.29, 0.717) is 10.0 Å². The highest BCUT2D eigenvalue weighted by atomic mass is 35.5. The molecule has 0 aliphatic carbocycles. The quantitative estimate of drug-likeness (QED) is 0.511. The Morgan fingerprint density at radius 3 is 2.71 bits per heavy atom. The summed E-state index contributed by atoms with van der Waals surface area (Å²) >= 11 is 12.9. The van der Waals surface area contributed by atoms with E-state index in [1.165, 1.54) is 18.0 Å². The molecule has 0 amide bonds. The molecule has 1 rings (SSSR count). The fourth-order valence-corrected chi connectivity index (χ4v) is 1.96.